The molecule has 3 rings (SSSR count). The quantitative estimate of drug-likeness (QED) is 0.655. The van der Waals surface area contributed by atoms with Gasteiger partial charge in [-0.05, 0) is 36.5 Å². The van der Waals surface area contributed by atoms with E-state index < -0.39 is 0 Å². The highest BCUT2D eigenvalue weighted by Gasteiger charge is 2.27. The fourth-order valence-electron chi connectivity index (χ4n) is 2.45. The molecule has 0 saturated carbocycles. The summed E-state index contributed by atoms with van der Waals surface area (Å²) in [7, 11) is 0. The average Bonchev–Trinajstić information content (AvgIpc) is 2.83. The summed E-state index contributed by atoms with van der Waals surface area (Å²) in [5, 5.41) is 3.98. The second-order valence-corrected chi connectivity index (χ2v) is 4.15. The van der Waals surface area contributed by atoms with Gasteiger partial charge in [-0.2, -0.15) is 5.10 Å². The Morgan fingerprint density at radius 1 is 1.25 bits per heavy atom. The minimum Gasteiger partial charge on any atom is -0.267 e. The molecule has 1 aliphatic carbocycles. The fraction of sp³-hybridized carbons (Fsp3) is 0.231. The maximum atomic E-state index is 11.7. The number of hydrazone groups is 1. The largest absolute Gasteiger partial charge is 0.273 e. The molecule has 0 unspecified atom stereocenters. The van der Waals surface area contributed by atoms with Crippen LogP contribution in [-0.4, -0.2) is 11.6 Å². The van der Waals surface area contributed by atoms with E-state index in [-0.39, 0.29) is 5.91 Å². The van der Waals surface area contributed by atoms with Crippen LogP contribution in [0, 0.1) is 0 Å². The van der Waals surface area contributed by atoms with E-state index in [0.29, 0.717) is 0 Å². The zero-order chi connectivity index (χ0) is 11.1. The van der Waals surface area contributed by atoms with E-state index in [4.69, 9.17) is 0 Å². The lowest BCUT2D eigenvalue weighted by Crippen LogP contribution is -2.14. The van der Waals surface area contributed by atoms with Crippen molar-refractivity contribution in [3.63, 3.8) is 0 Å². The van der Waals surface area contributed by atoms with Gasteiger partial charge in [0.05, 0.1) is 11.3 Å². The summed E-state index contributed by atoms with van der Waals surface area (Å²) < 4.78 is 0. The molecule has 1 aromatic rings. The van der Waals surface area contributed by atoms with E-state index in [2.05, 4.69) is 22.7 Å². The van der Waals surface area contributed by atoms with Crippen LogP contribution in [0.25, 0.3) is 5.57 Å². The number of aryl methyl sites for hydroxylation is 1. The van der Waals surface area contributed by atoms with Crippen molar-refractivity contribution in [2.75, 3.05) is 0 Å². The minimum absolute atomic E-state index is 0.0656. The molecule has 3 heteroatoms. The van der Waals surface area contributed by atoms with E-state index >= 15 is 0 Å². The first-order chi connectivity index (χ1) is 7.77. The molecule has 2 aliphatic rings. The van der Waals surface area contributed by atoms with E-state index in [9.17, 15) is 4.79 Å². The van der Waals surface area contributed by atoms with Crippen LogP contribution in [0.15, 0.2) is 34.9 Å². The molecule has 0 aromatic heterocycles. The highest BCUT2D eigenvalue weighted by atomic mass is 16.2. The Balaban J connectivity index is 2.20. The van der Waals surface area contributed by atoms with Gasteiger partial charge in [0.15, 0.2) is 0 Å². The molecule has 1 aromatic carbocycles. The third kappa shape index (κ3) is 1.21. The molecule has 1 aliphatic heterocycles. The van der Waals surface area contributed by atoms with Crippen LogP contribution in [-0.2, 0) is 11.2 Å². The molecule has 0 atom stereocenters. The lowest BCUT2D eigenvalue weighted by atomic mass is 9.99. The first-order valence-corrected chi connectivity index (χ1v) is 5.44. The molecule has 1 N–H and O–H groups in total. The van der Waals surface area contributed by atoms with Gasteiger partial charge in [0.2, 0.25) is 0 Å². The summed E-state index contributed by atoms with van der Waals surface area (Å²) in [5.74, 6) is -0.0656. The molecule has 0 spiro atoms. The maximum Gasteiger partial charge on any atom is 0.273 e. The Kier molecular flexibility index (Phi) is 1.93. The number of fused-ring (bicyclic) bond motifs is 1. The molecule has 3 nitrogen and oxygen atoms in total. The van der Waals surface area contributed by atoms with Gasteiger partial charge >= 0.3 is 0 Å². The number of carbonyl (C=O) groups excluding carboxylic acids is 1. The second-order valence-electron chi connectivity index (χ2n) is 4.15. The lowest BCUT2D eigenvalue weighted by Gasteiger charge is -2.04. The molecule has 0 bridgehead atoms. The highest BCUT2D eigenvalue weighted by Crippen LogP contribution is 2.35. The molecule has 0 radical (unpaired) electrons. The normalized spacial score (nSPS) is 23.1. The topological polar surface area (TPSA) is 41.5 Å². The molecule has 16 heavy (non-hydrogen) atoms. The molecule has 1 amide bonds. The predicted molar refractivity (Wildman–Crippen MR) is 62.9 cm³/mol. The molecule has 1 heterocycles. The van der Waals surface area contributed by atoms with Crippen LogP contribution >= 0.6 is 0 Å². The number of hydrogen-bond donors (Lipinski definition) is 1. The number of hydrogen-bond acceptors (Lipinski definition) is 2. The molecule has 0 saturated heterocycles. The number of rotatable bonds is 0. The number of benzene rings is 1. The second kappa shape index (κ2) is 3.30. The van der Waals surface area contributed by atoms with Gasteiger partial charge < -0.3 is 0 Å². The summed E-state index contributed by atoms with van der Waals surface area (Å²) in [6.07, 6.45) is 1.96. The van der Waals surface area contributed by atoms with Crippen molar-refractivity contribution in [1.29, 1.82) is 0 Å². The number of nitrogens with one attached hydrogen (secondary N) is 1. The number of nitrogens with zero attached hydrogens (tertiary/aromatic N) is 1. The maximum absolute atomic E-state index is 11.7. The Bertz CT molecular complexity index is 541. The number of carbonyl (C=O) groups is 1. The molecule has 80 valence electrons. The van der Waals surface area contributed by atoms with Crippen LogP contribution < -0.4 is 5.43 Å². The zero-order valence-corrected chi connectivity index (χ0v) is 9.08. The van der Waals surface area contributed by atoms with E-state index in [0.717, 1.165) is 29.7 Å². The summed E-state index contributed by atoms with van der Waals surface area (Å²) >= 11 is 0. The summed E-state index contributed by atoms with van der Waals surface area (Å²) in [6, 6.07) is 8.28. The molecule has 0 fully saturated rings. The fourth-order valence-corrected chi connectivity index (χ4v) is 2.45. The van der Waals surface area contributed by atoms with Gasteiger partial charge in [-0.3, -0.25) is 4.79 Å². The Hall–Kier alpha value is -1.90. The highest BCUT2D eigenvalue weighted by molar-refractivity contribution is 6.28. The smallest absolute Gasteiger partial charge is 0.267 e. The van der Waals surface area contributed by atoms with Crippen molar-refractivity contribution in [2.45, 2.75) is 19.8 Å². The monoisotopic (exact) mass is 212 g/mol. The molecular formula is C13H12N2O. The standard InChI is InChI=1S/C13H12N2O/c1-8-12(13(16)15-14-8)11-7-6-9-4-2-3-5-10(9)11/h2-5H,6-7H2,1H3,(H,15,16)/b12-11-. The third-order valence-corrected chi connectivity index (χ3v) is 3.20. The summed E-state index contributed by atoms with van der Waals surface area (Å²) in [6.45, 7) is 1.88. The summed E-state index contributed by atoms with van der Waals surface area (Å²) in [4.78, 5) is 11.7. The van der Waals surface area contributed by atoms with E-state index in [1.165, 1.54) is 11.1 Å². The number of allylic oxidation sites excluding steroid dienone is 1. The molecular weight excluding hydrogens is 200 g/mol. The van der Waals surface area contributed by atoms with Crippen molar-refractivity contribution >= 4 is 17.2 Å². The SMILES string of the molecule is CC1=NNC(=O)/C1=C1/CCc2ccccc21. The van der Waals surface area contributed by atoms with Crippen molar-refractivity contribution in [3.05, 3.63) is 41.0 Å². The third-order valence-electron chi connectivity index (χ3n) is 3.20. The first-order valence-electron chi connectivity index (χ1n) is 5.44. The van der Waals surface area contributed by atoms with Crippen molar-refractivity contribution in [3.8, 4) is 0 Å². The van der Waals surface area contributed by atoms with Gasteiger partial charge in [-0.15, -0.1) is 0 Å². The van der Waals surface area contributed by atoms with E-state index in [1.54, 1.807) is 0 Å². The predicted octanol–water partition coefficient (Wildman–Crippen LogP) is 1.89. The average molecular weight is 212 g/mol. The van der Waals surface area contributed by atoms with Crippen molar-refractivity contribution in [1.82, 2.24) is 5.43 Å². The van der Waals surface area contributed by atoms with Gasteiger partial charge in [-0.25, -0.2) is 5.43 Å². The first kappa shape index (κ1) is 9.33. The van der Waals surface area contributed by atoms with Gasteiger partial charge in [-0.1, -0.05) is 24.3 Å². The lowest BCUT2D eigenvalue weighted by molar-refractivity contribution is -0.116. The van der Waals surface area contributed by atoms with Crippen molar-refractivity contribution < 1.29 is 4.79 Å². The Morgan fingerprint density at radius 2 is 2.06 bits per heavy atom. The Labute approximate surface area is 93.9 Å². The minimum atomic E-state index is -0.0656. The van der Waals surface area contributed by atoms with Crippen molar-refractivity contribution in [2.24, 2.45) is 5.10 Å². The zero-order valence-electron chi connectivity index (χ0n) is 9.08. The van der Waals surface area contributed by atoms with Crippen LogP contribution in [0.1, 0.15) is 24.5 Å². The summed E-state index contributed by atoms with van der Waals surface area (Å²) in [5.41, 5.74) is 7.78. The van der Waals surface area contributed by atoms with Gasteiger partial charge in [0.25, 0.3) is 5.91 Å². The van der Waals surface area contributed by atoms with Gasteiger partial charge in [0.1, 0.15) is 0 Å². The van der Waals surface area contributed by atoms with Gasteiger partial charge in [0, 0.05) is 0 Å². The Morgan fingerprint density at radius 3 is 2.81 bits per heavy atom. The van der Waals surface area contributed by atoms with Crippen LogP contribution in [0.4, 0.5) is 0 Å². The number of amides is 1. The van der Waals surface area contributed by atoms with E-state index in [1.807, 2.05) is 19.1 Å². The van der Waals surface area contributed by atoms with Crippen LogP contribution in [0.5, 0.6) is 0 Å². The van der Waals surface area contributed by atoms with Crippen LogP contribution in [0.3, 0.4) is 0 Å². The van der Waals surface area contributed by atoms with Crippen LogP contribution in [0.2, 0.25) is 0 Å².